The lowest BCUT2D eigenvalue weighted by Gasteiger charge is -2.27. The summed E-state index contributed by atoms with van der Waals surface area (Å²) >= 11 is 0. The Hall–Kier alpha value is -0.830. The largest absolute Gasteiger partial charge is 0.348 e. The van der Waals surface area contributed by atoms with E-state index in [1.54, 1.807) is 0 Å². The van der Waals surface area contributed by atoms with Gasteiger partial charge in [-0.05, 0) is 19.8 Å². The van der Waals surface area contributed by atoms with Crippen molar-refractivity contribution < 1.29 is 0 Å². The zero-order valence-corrected chi connectivity index (χ0v) is 9.62. The van der Waals surface area contributed by atoms with E-state index in [-0.39, 0.29) is 0 Å². The van der Waals surface area contributed by atoms with Crippen LogP contribution in [0.1, 0.15) is 33.5 Å². The second kappa shape index (κ2) is 5.15. The van der Waals surface area contributed by atoms with Gasteiger partial charge in [-0.2, -0.15) is 0 Å². The minimum Gasteiger partial charge on any atom is -0.348 e. The van der Waals surface area contributed by atoms with Crippen LogP contribution in [0.4, 0.5) is 0 Å². The Morgan fingerprint density at radius 3 is 2.50 bits per heavy atom. The Balaban J connectivity index is 2.51. The minimum absolute atomic E-state index is 0.572. The summed E-state index contributed by atoms with van der Waals surface area (Å²) in [6.07, 6.45) is 3.69. The van der Waals surface area contributed by atoms with Crippen molar-refractivity contribution >= 4 is 0 Å². The molecule has 0 saturated carbocycles. The van der Waals surface area contributed by atoms with Crippen LogP contribution in [0, 0.1) is 5.92 Å². The third kappa shape index (κ3) is 3.50. The fourth-order valence-electron chi connectivity index (χ4n) is 1.50. The third-order valence-corrected chi connectivity index (χ3v) is 2.24. The van der Waals surface area contributed by atoms with Crippen molar-refractivity contribution in [1.82, 2.24) is 14.9 Å². The highest BCUT2D eigenvalue weighted by molar-refractivity contribution is 4.87. The topological polar surface area (TPSA) is 31.9 Å². The van der Waals surface area contributed by atoms with Crippen LogP contribution in [0.15, 0.2) is 12.4 Å². The molecular formula is C11H21N3. The summed E-state index contributed by atoms with van der Waals surface area (Å²) in [6.45, 7) is 11.0. The number of aromatic nitrogens is 2. The third-order valence-electron chi connectivity index (χ3n) is 2.24. The highest BCUT2D eigenvalue weighted by atomic mass is 15.2. The molecule has 0 amide bonds. The highest BCUT2D eigenvalue weighted by Crippen LogP contribution is 2.07. The van der Waals surface area contributed by atoms with E-state index >= 15 is 0 Å². The number of rotatable bonds is 5. The number of imidazole rings is 1. The van der Waals surface area contributed by atoms with Crippen molar-refractivity contribution in [3.8, 4) is 0 Å². The summed E-state index contributed by atoms with van der Waals surface area (Å²) in [5.74, 6) is 1.76. The maximum absolute atomic E-state index is 4.25. The second-order valence-corrected chi connectivity index (χ2v) is 4.45. The molecule has 0 aromatic carbocycles. The summed E-state index contributed by atoms with van der Waals surface area (Å²) in [6, 6.07) is 0.572. The van der Waals surface area contributed by atoms with E-state index in [0.29, 0.717) is 12.0 Å². The van der Waals surface area contributed by atoms with E-state index in [0.717, 1.165) is 18.9 Å². The molecule has 0 fully saturated rings. The van der Waals surface area contributed by atoms with Crippen molar-refractivity contribution in [3.63, 3.8) is 0 Å². The van der Waals surface area contributed by atoms with Crippen molar-refractivity contribution in [3.05, 3.63) is 18.2 Å². The number of nitrogens with zero attached hydrogens (tertiary/aromatic N) is 2. The van der Waals surface area contributed by atoms with E-state index in [9.17, 15) is 0 Å². The number of hydrogen-bond donors (Lipinski definition) is 1. The van der Waals surface area contributed by atoms with E-state index < -0.39 is 0 Å². The number of nitrogens with one attached hydrogen (secondary N) is 1. The lowest BCUT2D eigenvalue weighted by Crippen LogP contribution is -2.33. The smallest absolute Gasteiger partial charge is 0.120 e. The Labute approximate surface area is 86.5 Å². The van der Waals surface area contributed by atoms with Crippen LogP contribution in [0.3, 0.4) is 0 Å². The van der Waals surface area contributed by atoms with Gasteiger partial charge < -0.3 is 4.98 Å². The van der Waals surface area contributed by atoms with Crippen molar-refractivity contribution in [2.24, 2.45) is 5.92 Å². The van der Waals surface area contributed by atoms with Crippen LogP contribution >= 0.6 is 0 Å². The molecular weight excluding hydrogens is 174 g/mol. The molecule has 0 aliphatic heterocycles. The molecule has 0 unspecified atom stereocenters. The van der Waals surface area contributed by atoms with Crippen LogP contribution in [0.2, 0.25) is 0 Å². The zero-order chi connectivity index (χ0) is 10.6. The van der Waals surface area contributed by atoms with E-state index in [4.69, 9.17) is 0 Å². The molecule has 80 valence electrons. The molecule has 1 rings (SSSR count). The molecule has 0 saturated heterocycles. The fraction of sp³-hybridized carbons (Fsp3) is 0.727. The average molecular weight is 195 g/mol. The van der Waals surface area contributed by atoms with E-state index in [2.05, 4.69) is 42.6 Å². The number of H-pyrrole nitrogens is 1. The Kier molecular flexibility index (Phi) is 4.14. The zero-order valence-electron chi connectivity index (χ0n) is 9.62. The van der Waals surface area contributed by atoms with Gasteiger partial charge in [0.15, 0.2) is 0 Å². The van der Waals surface area contributed by atoms with Gasteiger partial charge in [0.05, 0.1) is 6.54 Å². The van der Waals surface area contributed by atoms with Gasteiger partial charge in [0.1, 0.15) is 5.82 Å². The first kappa shape index (κ1) is 11.2. The number of aromatic amines is 1. The van der Waals surface area contributed by atoms with Crippen LogP contribution in [-0.4, -0.2) is 27.5 Å². The summed E-state index contributed by atoms with van der Waals surface area (Å²) in [7, 11) is 0. The van der Waals surface area contributed by atoms with Gasteiger partial charge in [-0.25, -0.2) is 4.98 Å². The summed E-state index contributed by atoms with van der Waals surface area (Å²) < 4.78 is 0. The van der Waals surface area contributed by atoms with Gasteiger partial charge in [-0.1, -0.05) is 13.8 Å². The van der Waals surface area contributed by atoms with Crippen LogP contribution in [0.25, 0.3) is 0 Å². The fourth-order valence-corrected chi connectivity index (χ4v) is 1.50. The Morgan fingerprint density at radius 2 is 2.07 bits per heavy atom. The summed E-state index contributed by atoms with van der Waals surface area (Å²) in [5, 5.41) is 0. The van der Waals surface area contributed by atoms with Crippen molar-refractivity contribution in [2.75, 3.05) is 6.54 Å². The lowest BCUT2D eigenvalue weighted by atomic mass is 10.2. The van der Waals surface area contributed by atoms with Crippen molar-refractivity contribution in [2.45, 2.75) is 40.3 Å². The average Bonchev–Trinajstić information content (AvgIpc) is 2.54. The first-order valence-electron chi connectivity index (χ1n) is 5.32. The molecule has 3 heteroatoms. The normalized spacial score (nSPS) is 11.9. The quantitative estimate of drug-likeness (QED) is 0.781. The molecule has 1 aromatic rings. The van der Waals surface area contributed by atoms with E-state index in [1.807, 2.05) is 12.4 Å². The molecule has 14 heavy (non-hydrogen) atoms. The molecule has 1 heterocycles. The predicted molar refractivity (Wildman–Crippen MR) is 59.0 cm³/mol. The number of hydrogen-bond acceptors (Lipinski definition) is 2. The first-order valence-corrected chi connectivity index (χ1v) is 5.32. The van der Waals surface area contributed by atoms with Crippen LogP contribution in [0.5, 0.6) is 0 Å². The van der Waals surface area contributed by atoms with Gasteiger partial charge >= 0.3 is 0 Å². The molecule has 0 aliphatic rings. The molecule has 3 nitrogen and oxygen atoms in total. The molecule has 0 spiro atoms. The minimum atomic E-state index is 0.572. The van der Waals surface area contributed by atoms with E-state index in [1.165, 1.54) is 0 Å². The highest BCUT2D eigenvalue weighted by Gasteiger charge is 2.12. The molecule has 1 aromatic heterocycles. The van der Waals surface area contributed by atoms with Gasteiger partial charge in [-0.15, -0.1) is 0 Å². The maximum Gasteiger partial charge on any atom is 0.120 e. The molecule has 0 atom stereocenters. The summed E-state index contributed by atoms with van der Waals surface area (Å²) in [4.78, 5) is 9.83. The predicted octanol–water partition coefficient (Wildman–Crippen LogP) is 2.28. The van der Waals surface area contributed by atoms with Gasteiger partial charge in [0.2, 0.25) is 0 Å². The van der Waals surface area contributed by atoms with Gasteiger partial charge in [0.25, 0.3) is 0 Å². The standard InChI is InChI=1S/C11H21N3/c1-9(2)7-14(10(3)4)8-11-12-5-6-13-11/h5-6,9-10H,7-8H2,1-4H3,(H,12,13). The van der Waals surface area contributed by atoms with Gasteiger partial charge in [-0.3, -0.25) is 4.90 Å². The van der Waals surface area contributed by atoms with Crippen LogP contribution in [-0.2, 0) is 6.54 Å². The Morgan fingerprint density at radius 1 is 1.36 bits per heavy atom. The Bertz CT molecular complexity index is 239. The maximum atomic E-state index is 4.25. The van der Waals surface area contributed by atoms with Gasteiger partial charge in [0, 0.05) is 25.0 Å². The van der Waals surface area contributed by atoms with Crippen molar-refractivity contribution in [1.29, 1.82) is 0 Å². The molecule has 0 aliphatic carbocycles. The molecule has 0 radical (unpaired) electrons. The molecule has 1 N–H and O–H groups in total. The second-order valence-electron chi connectivity index (χ2n) is 4.45. The molecule has 0 bridgehead atoms. The SMILES string of the molecule is CC(C)CN(Cc1ncc[nH]1)C(C)C. The first-order chi connectivity index (χ1) is 6.59. The lowest BCUT2D eigenvalue weighted by molar-refractivity contribution is 0.185. The van der Waals surface area contributed by atoms with Crippen LogP contribution < -0.4 is 0 Å². The summed E-state index contributed by atoms with van der Waals surface area (Å²) in [5.41, 5.74) is 0. The monoisotopic (exact) mass is 195 g/mol.